The van der Waals surface area contributed by atoms with E-state index in [4.69, 9.17) is 34.8 Å². The van der Waals surface area contributed by atoms with E-state index in [0.29, 0.717) is 22.0 Å². The standard InChI is InChI=1S/C16H15Cl3FN/c1-2-21-15(11-6-12(17)9-13(18)7-11)8-10-4-3-5-14(19)16(10)20/h3-7,9,15,21H,2,8H2,1H3. The van der Waals surface area contributed by atoms with E-state index >= 15 is 0 Å². The molecule has 5 heteroatoms. The van der Waals surface area contributed by atoms with Gasteiger partial charge >= 0.3 is 0 Å². The first-order valence-electron chi connectivity index (χ1n) is 6.63. The summed E-state index contributed by atoms with van der Waals surface area (Å²) in [7, 11) is 0. The second-order valence-corrected chi connectivity index (χ2v) is 6.01. The molecule has 0 amide bonds. The van der Waals surface area contributed by atoms with Crippen molar-refractivity contribution in [1.82, 2.24) is 5.32 Å². The normalized spacial score (nSPS) is 12.4. The number of hydrogen-bond acceptors (Lipinski definition) is 1. The summed E-state index contributed by atoms with van der Waals surface area (Å²) in [5, 5.41) is 4.58. The van der Waals surface area contributed by atoms with Crippen LogP contribution < -0.4 is 5.32 Å². The lowest BCUT2D eigenvalue weighted by atomic mass is 9.98. The van der Waals surface area contributed by atoms with Gasteiger partial charge in [0.15, 0.2) is 0 Å². The summed E-state index contributed by atoms with van der Waals surface area (Å²) in [5.41, 5.74) is 1.48. The molecule has 2 aromatic carbocycles. The molecule has 0 saturated heterocycles. The molecule has 0 aromatic heterocycles. The van der Waals surface area contributed by atoms with Crippen LogP contribution in [0.15, 0.2) is 36.4 Å². The number of hydrogen-bond donors (Lipinski definition) is 1. The first-order chi connectivity index (χ1) is 10.0. The van der Waals surface area contributed by atoms with Crippen LogP contribution in [0.3, 0.4) is 0 Å². The molecule has 0 aliphatic heterocycles. The Labute approximate surface area is 139 Å². The van der Waals surface area contributed by atoms with Crippen molar-refractivity contribution in [3.63, 3.8) is 0 Å². The van der Waals surface area contributed by atoms with Crippen molar-refractivity contribution >= 4 is 34.8 Å². The maximum absolute atomic E-state index is 14.1. The van der Waals surface area contributed by atoms with Crippen LogP contribution in [-0.2, 0) is 6.42 Å². The molecule has 0 aliphatic carbocycles. The molecule has 0 bridgehead atoms. The van der Waals surface area contributed by atoms with E-state index in [1.54, 1.807) is 24.3 Å². The summed E-state index contributed by atoms with van der Waals surface area (Å²) in [5.74, 6) is -0.379. The fourth-order valence-electron chi connectivity index (χ4n) is 2.26. The van der Waals surface area contributed by atoms with Crippen LogP contribution in [0.4, 0.5) is 4.39 Å². The van der Waals surface area contributed by atoms with Gasteiger partial charge in [0.1, 0.15) is 5.82 Å². The van der Waals surface area contributed by atoms with E-state index < -0.39 is 0 Å². The largest absolute Gasteiger partial charge is 0.310 e. The molecule has 1 N–H and O–H groups in total. The number of likely N-dealkylation sites (N-methyl/N-ethyl adjacent to an activating group) is 1. The third-order valence-corrected chi connectivity index (χ3v) is 3.92. The van der Waals surface area contributed by atoms with Gasteiger partial charge in [-0.25, -0.2) is 4.39 Å². The van der Waals surface area contributed by atoms with Gasteiger partial charge in [0.25, 0.3) is 0 Å². The molecule has 0 heterocycles. The highest BCUT2D eigenvalue weighted by Crippen LogP contribution is 2.28. The average molecular weight is 347 g/mol. The van der Waals surface area contributed by atoms with Gasteiger partial charge in [0, 0.05) is 16.1 Å². The summed E-state index contributed by atoms with van der Waals surface area (Å²) in [6, 6.07) is 10.3. The maximum atomic E-state index is 14.1. The predicted molar refractivity (Wildman–Crippen MR) is 88.0 cm³/mol. The van der Waals surface area contributed by atoms with Crippen molar-refractivity contribution in [2.45, 2.75) is 19.4 Å². The molecule has 0 fully saturated rings. The molecule has 1 atom stereocenters. The Balaban J connectivity index is 2.32. The van der Waals surface area contributed by atoms with Gasteiger partial charge in [0.2, 0.25) is 0 Å². The average Bonchev–Trinajstić information content (AvgIpc) is 2.42. The molecule has 1 unspecified atom stereocenters. The van der Waals surface area contributed by atoms with E-state index in [9.17, 15) is 4.39 Å². The van der Waals surface area contributed by atoms with Crippen LogP contribution in [0, 0.1) is 5.82 Å². The van der Waals surface area contributed by atoms with Gasteiger partial charge in [-0.2, -0.15) is 0 Å². The summed E-state index contributed by atoms with van der Waals surface area (Å²) in [6.45, 7) is 2.74. The van der Waals surface area contributed by atoms with Crippen molar-refractivity contribution in [3.05, 3.63) is 68.4 Å². The third kappa shape index (κ3) is 4.33. The van der Waals surface area contributed by atoms with Crippen molar-refractivity contribution in [1.29, 1.82) is 0 Å². The summed E-state index contributed by atoms with van der Waals surface area (Å²) in [6.07, 6.45) is 0.469. The van der Waals surface area contributed by atoms with E-state index in [1.807, 2.05) is 19.1 Å². The summed E-state index contributed by atoms with van der Waals surface area (Å²) < 4.78 is 14.1. The van der Waals surface area contributed by atoms with Crippen LogP contribution in [-0.4, -0.2) is 6.54 Å². The molecule has 2 rings (SSSR count). The van der Waals surface area contributed by atoms with Gasteiger partial charge in [-0.15, -0.1) is 0 Å². The Morgan fingerprint density at radius 3 is 2.38 bits per heavy atom. The zero-order valence-corrected chi connectivity index (χ0v) is 13.7. The van der Waals surface area contributed by atoms with Crippen LogP contribution >= 0.6 is 34.8 Å². The van der Waals surface area contributed by atoms with E-state index in [-0.39, 0.29) is 16.9 Å². The monoisotopic (exact) mass is 345 g/mol. The van der Waals surface area contributed by atoms with Crippen molar-refractivity contribution in [2.75, 3.05) is 6.54 Å². The smallest absolute Gasteiger partial charge is 0.145 e. The molecule has 21 heavy (non-hydrogen) atoms. The lowest BCUT2D eigenvalue weighted by Gasteiger charge is -2.19. The fourth-order valence-corrected chi connectivity index (χ4v) is 2.99. The zero-order chi connectivity index (χ0) is 15.4. The van der Waals surface area contributed by atoms with Crippen molar-refractivity contribution < 1.29 is 4.39 Å². The molecular weight excluding hydrogens is 332 g/mol. The Morgan fingerprint density at radius 1 is 1.10 bits per heavy atom. The number of halogens is 4. The SMILES string of the molecule is CCNC(Cc1cccc(Cl)c1F)c1cc(Cl)cc(Cl)c1. The maximum Gasteiger partial charge on any atom is 0.145 e. The predicted octanol–water partition coefficient (Wildman–Crippen LogP) is 5.68. The molecule has 2 aromatic rings. The highest BCUT2D eigenvalue weighted by atomic mass is 35.5. The Morgan fingerprint density at radius 2 is 1.76 bits per heavy atom. The molecule has 0 saturated carbocycles. The van der Waals surface area contributed by atoms with E-state index in [0.717, 1.165) is 12.1 Å². The minimum absolute atomic E-state index is 0.0841. The Hall–Kier alpha value is -0.800. The number of rotatable bonds is 5. The lowest BCUT2D eigenvalue weighted by Crippen LogP contribution is -2.23. The topological polar surface area (TPSA) is 12.0 Å². The second kappa shape index (κ2) is 7.46. The van der Waals surface area contributed by atoms with Gasteiger partial charge in [-0.1, -0.05) is 53.9 Å². The van der Waals surface area contributed by atoms with Crippen LogP contribution in [0.25, 0.3) is 0 Å². The molecular formula is C16H15Cl3FN. The van der Waals surface area contributed by atoms with Gasteiger partial charge in [-0.3, -0.25) is 0 Å². The second-order valence-electron chi connectivity index (χ2n) is 4.73. The number of benzene rings is 2. The Kier molecular flexibility index (Phi) is 5.88. The van der Waals surface area contributed by atoms with Crippen LogP contribution in [0.2, 0.25) is 15.1 Å². The summed E-state index contributed by atoms with van der Waals surface area (Å²) >= 11 is 17.9. The van der Waals surface area contributed by atoms with Gasteiger partial charge < -0.3 is 5.32 Å². The fraction of sp³-hybridized carbons (Fsp3) is 0.250. The van der Waals surface area contributed by atoms with Gasteiger partial charge in [-0.05, 0) is 48.4 Å². The summed E-state index contributed by atoms with van der Waals surface area (Å²) in [4.78, 5) is 0. The zero-order valence-electron chi connectivity index (χ0n) is 11.5. The molecule has 112 valence electrons. The van der Waals surface area contributed by atoms with Crippen molar-refractivity contribution in [3.8, 4) is 0 Å². The van der Waals surface area contributed by atoms with Crippen molar-refractivity contribution in [2.24, 2.45) is 0 Å². The van der Waals surface area contributed by atoms with Gasteiger partial charge in [0.05, 0.1) is 5.02 Å². The van der Waals surface area contributed by atoms with E-state index in [1.165, 1.54) is 0 Å². The van der Waals surface area contributed by atoms with Crippen LogP contribution in [0.5, 0.6) is 0 Å². The minimum Gasteiger partial charge on any atom is -0.310 e. The first kappa shape index (κ1) is 16.6. The quantitative estimate of drug-likeness (QED) is 0.734. The Bertz CT molecular complexity index is 611. The first-order valence-corrected chi connectivity index (χ1v) is 7.77. The van der Waals surface area contributed by atoms with Crippen LogP contribution in [0.1, 0.15) is 24.1 Å². The minimum atomic E-state index is -0.379. The molecule has 1 nitrogen and oxygen atoms in total. The third-order valence-electron chi connectivity index (χ3n) is 3.19. The lowest BCUT2D eigenvalue weighted by molar-refractivity contribution is 0.528. The van der Waals surface area contributed by atoms with E-state index in [2.05, 4.69) is 5.32 Å². The molecule has 0 radical (unpaired) electrons. The molecule has 0 aliphatic rings. The molecule has 0 spiro atoms. The highest BCUT2D eigenvalue weighted by Gasteiger charge is 2.16. The number of nitrogens with one attached hydrogen (secondary N) is 1. The highest BCUT2D eigenvalue weighted by molar-refractivity contribution is 6.34.